The first-order valence-electron chi connectivity index (χ1n) is 5.01. The van der Waals surface area contributed by atoms with Crippen LogP contribution in [0.2, 0.25) is 0 Å². The van der Waals surface area contributed by atoms with Crippen molar-refractivity contribution < 1.29 is 4.79 Å². The number of carbonyl (C=O) groups excluding carboxylic acids is 1. The third kappa shape index (κ3) is 2.52. The number of primary amides is 1. The molecule has 0 unspecified atom stereocenters. The van der Waals surface area contributed by atoms with Crippen LogP contribution in [0.3, 0.4) is 0 Å². The summed E-state index contributed by atoms with van der Waals surface area (Å²) in [5.74, 6) is -0.439. The van der Waals surface area contributed by atoms with Crippen LogP contribution in [-0.2, 0) is 11.3 Å². The number of hydrogen-bond donors (Lipinski definition) is 1. The highest BCUT2D eigenvalue weighted by Crippen LogP contribution is 2.14. The van der Waals surface area contributed by atoms with Crippen molar-refractivity contribution in [3.05, 3.63) is 39.4 Å². The molecule has 0 aliphatic carbocycles. The Hall–Kier alpha value is -1.69. The van der Waals surface area contributed by atoms with E-state index in [0.717, 1.165) is 4.47 Å². The van der Waals surface area contributed by atoms with E-state index in [1.54, 1.807) is 12.1 Å². The number of halogens is 1. The topological polar surface area (TPSA) is 78.0 Å². The maximum absolute atomic E-state index is 12.0. The van der Waals surface area contributed by atoms with Gasteiger partial charge in [0.2, 0.25) is 5.91 Å². The van der Waals surface area contributed by atoms with Gasteiger partial charge in [-0.1, -0.05) is 15.9 Å². The van der Waals surface area contributed by atoms with Crippen LogP contribution in [0, 0.1) is 0 Å². The van der Waals surface area contributed by atoms with Gasteiger partial charge >= 0.3 is 0 Å². The molecule has 5 nitrogen and oxygen atoms in total. The molecular formula is C11H10BrN3O2. The van der Waals surface area contributed by atoms with Gasteiger partial charge in [0.15, 0.2) is 0 Å². The van der Waals surface area contributed by atoms with Crippen molar-refractivity contribution in [2.24, 2.45) is 5.73 Å². The maximum atomic E-state index is 12.0. The van der Waals surface area contributed by atoms with Crippen LogP contribution in [0.4, 0.5) is 0 Å². The third-order valence-corrected chi connectivity index (χ3v) is 2.88. The summed E-state index contributed by atoms with van der Waals surface area (Å²) in [5, 5.41) is 0.520. The molecule has 1 amide bonds. The molecule has 0 bridgehead atoms. The van der Waals surface area contributed by atoms with Crippen LogP contribution >= 0.6 is 15.9 Å². The van der Waals surface area contributed by atoms with Gasteiger partial charge in [-0.05, 0) is 18.2 Å². The Kier molecular flexibility index (Phi) is 3.23. The number of fused-ring (bicyclic) bond motifs is 1. The van der Waals surface area contributed by atoms with E-state index in [1.165, 1.54) is 10.9 Å². The van der Waals surface area contributed by atoms with Gasteiger partial charge in [-0.15, -0.1) is 0 Å². The monoisotopic (exact) mass is 295 g/mol. The average Bonchev–Trinajstić information content (AvgIpc) is 2.29. The lowest BCUT2D eigenvalue weighted by molar-refractivity contribution is -0.118. The largest absolute Gasteiger partial charge is 0.370 e. The molecule has 2 N–H and O–H groups in total. The molecule has 0 aliphatic rings. The van der Waals surface area contributed by atoms with Gasteiger partial charge in [-0.25, -0.2) is 4.98 Å². The minimum atomic E-state index is -0.439. The zero-order valence-corrected chi connectivity index (χ0v) is 10.5. The van der Waals surface area contributed by atoms with Crippen molar-refractivity contribution in [3.63, 3.8) is 0 Å². The summed E-state index contributed by atoms with van der Waals surface area (Å²) >= 11 is 3.30. The molecule has 0 fully saturated rings. The van der Waals surface area contributed by atoms with Crippen LogP contribution in [0.25, 0.3) is 10.9 Å². The van der Waals surface area contributed by atoms with E-state index in [1.807, 2.05) is 6.07 Å². The fourth-order valence-electron chi connectivity index (χ4n) is 1.52. The van der Waals surface area contributed by atoms with Gasteiger partial charge in [0.05, 0.1) is 17.2 Å². The predicted octanol–water partition coefficient (Wildman–Crippen LogP) is 1.03. The molecule has 1 heterocycles. The molecule has 1 aromatic heterocycles. The highest BCUT2D eigenvalue weighted by Gasteiger charge is 2.05. The zero-order chi connectivity index (χ0) is 12.4. The summed E-state index contributed by atoms with van der Waals surface area (Å²) in [6.07, 6.45) is 1.56. The predicted molar refractivity (Wildman–Crippen MR) is 67.5 cm³/mol. The molecule has 1 aromatic carbocycles. The van der Waals surface area contributed by atoms with Gasteiger partial charge < -0.3 is 5.73 Å². The van der Waals surface area contributed by atoms with Crippen LogP contribution < -0.4 is 11.3 Å². The number of rotatable bonds is 3. The highest BCUT2D eigenvalue weighted by atomic mass is 79.9. The van der Waals surface area contributed by atoms with Crippen molar-refractivity contribution in [2.75, 3.05) is 0 Å². The summed E-state index contributed by atoms with van der Waals surface area (Å²) in [6.45, 7) is 0.254. The van der Waals surface area contributed by atoms with Crippen molar-refractivity contribution in [1.82, 2.24) is 9.55 Å². The van der Waals surface area contributed by atoms with Gasteiger partial charge in [0.1, 0.15) is 0 Å². The summed E-state index contributed by atoms with van der Waals surface area (Å²) in [6, 6.07) is 5.30. The third-order valence-electron chi connectivity index (χ3n) is 2.39. The van der Waals surface area contributed by atoms with Gasteiger partial charge in [-0.2, -0.15) is 0 Å². The Morgan fingerprint density at radius 3 is 2.94 bits per heavy atom. The lowest BCUT2D eigenvalue weighted by Crippen LogP contribution is -2.23. The Morgan fingerprint density at radius 1 is 1.47 bits per heavy atom. The molecule has 6 heteroatoms. The molecule has 0 spiro atoms. The number of nitrogens with zero attached hydrogens (tertiary/aromatic N) is 2. The number of hydrogen-bond acceptors (Lipinski definition) is 3. The zero-order valence-electron chi connectivity index (χ0n) is 8.89. The van der Waals surface area contributed by atoms with E-state index in [9.17, 15) is 9.59 Å². The molecular weight excluding hydrogens is 286 g/mol. The van der Waals surface area contributed by atoms with E-state index in [4.69, 9.17) is 5.73 Å². The van der Waals surface area contributed by atoms with E-state index in [0.29, 0.717) is 10.9 Å². The number of nitrogens with two attached hydrogens (primary N) is 1. The fraction of sp³-hybridized carbons (Fsp3) is 0.182. The number of amides is 1. The van der Waals surface area contributed by atoms with Gasteiger partial charge in [-0.3, -0.25) is 14.2 Å². The lowest BCUT2D eigenvalue weighted by atomic mass is 10.2. The number of benzene rings is 1. The summed E-state index contributed by atoms with van der Waals surface area (Å²) in [7, 11) is 0. The van der Waals surface area contributed by atoms with Crippen LogP contribution in [0.15, 0.2) is 33.8 Å². The minimum absolute atomic E-state index is 0.126. The Labute approximate surface area is 105 Å². The Morgan fingerprint density at radius 2 is 2.24 bits per heavy atom. The number of carbonyl (C=O) groups is 1. The molecule has 17 heavy (non-hydrogen) atoms. The standard InChI is InChI=1S/C11H10BrN3O2/c12-7-1-2-9-8(5-7)11(17)15(6-14-9)4-3-10(13)16/h1-2,5-6H,3-4H2,(H2,13,16). The van der Waals surface area contributed by atoms with Crippen molar-refractivity contribution >= 4 is 32.7 Å². The lowest BCUT2D eigenvalue weighted by Gasteiger charge is -2.05. The second-order valence-corrected chi connectivity index (χ2v) is 4.54. The molecule has 2 rings (SSSR count). The van der Waals surface area contributed by atoms with E-state index >= 15 is 0 Å². The second kappa shape index (κ2) is 4.67. The molecule has 0 saturated heterocycles. The Balaban J connectivity index is 2.49. The average molecular weight is 296 g/mol. The normalized spacial score (nSPS) is 10.6. The second-order valence-electron chi connectivity index (χ2n) is 3.62. The first-order chi connectivity index (χ1) is 8.08. The van der Waals surface area contributed by atoms with Crippen LogP contribution in [0.5, 0.6) is 0 Å². The summed E-state index contributed by atoms with van der Waals surface area (Å²) < 4.78 is 2.20. The molecule has 0 aliphatic heterocycles. The first kappa shape index (κ1) is 11.8. The quantitative estimate of drug-likeness (QED) is 0.919. The highest BCUT2D eigenvalue weighted by molar-refractivity contribution is 9.10. The molecule has 88 valence electrons. The van der Waals surface area contributed by atoms with E-state index in [2.05, 4.69) is 20.9 Å². The van der Waals surface area contributed by atoms with Crippen molar-refractivity contribution in [1.29, 1.82) is 0 Å². The number of aryl methyl sites for hydroxylation is 1. The summed E-state index contributed by atoms with van der Waals surface area (Å²) in [4.78, 5) is 26.9. The maximum Gasteiger partial charge on any atom is 0.261 e. The molecule has 0 atom stereocenters. The SMILES string of the molecule is NC(=O)CCn1cnc2ccc(Br)cc2c1=O. The molecule has 0 saturated carbocycles. The van der Waals surface area contributed by atoms with Crippen LogP contribution in [-0.4, -0.2) is 15.5 Å². The fourth-order valence-corrected chi connectivity index (χ4v) is 1.88. The Bertz CT molecular complexity index is 636. The van der Waals surface area contributed by atoms with Crippen LogP contribution in [0.1, 0.15) is 6.42 Å². The molecule has 0 radical (unpaired) electrons. The van der Waals surface area contributed by atoms with Gasteiger partial charge in [0.25, 0.3) is 5.56 Å². The van der Waals surface area contributed by atoms with Crippen molar-refractivity contribution in [3.8, 4) is 0 Å². The smallest absolute Gasteiger partial charge is 0.261 e. The van der Waals surface area contributed by atoms with Crippen molar-refractivity contribution in [2.45, 2.75) is 13.0 Å². The van der Waals surface area contributed by atoms with E-state index in [-0.39, 0.29) is 18.5 Å². The first-order valence-corrected chi connectivity index (χ1v) is 5.80. The van der Waals surface area contributed by atoms with E-state index < -0.39 is 5.91 Å². The summed E-state index contributed by atoms with van der Waals surface area (Å²) in [5.41, 5.74) is 5.51. The number of aromatic nitrogens is 2. The molecule has 2 aromatic rings. The van der Waals surface area contributed by atoms with Gasteiger partial charge in [0, 0.05) is 17.4 Å². The minimum Gasteiger partial charge on any atom is -0.370 e.